The smallest absolute Gasteiger partial charge is 0.262 e. The highest BCUT2D eigenvalue weighted by atomic mass is 32.2. The zero-order valence-corrected chi connectivity index (χ0v) is 19.4. The lowest BCUT2D eigenvalue weighted by atomic mass is 9.81. The van der Waals surface area contributed by atoms with Crippen LogP contribution in [-0.2, 0) is 11.3 Å². The maximum absolute atomic E-state index is 13.0. The van der Waals surface area contributed by atoms with Crippen molar-refractivity contribution < 1.29 is 4.79 Å². The average molecular weight is 453 g/mol. The summed E-state index contributed by atoms with van der Waals surface area (Å²) >= 11 is 1.29. The minimum absolute atomic E-state index is 0.0745. The Morgan fingerprint density at radius 3 is 2.72 bits per heavy atom. The van der Waals surface area contributed by atoms with E-state index in [0.29, 0.717) is 22.9 Å². The third kappa shape index (κ3) is 3.88. The van der Waals surface area contributed by atoms with Crippen LogP contribution < -0.4 is 5.56 Å². The summed E-state index contributed by atoms with van der Waals surface area (Å²) < 4.78 is 3.54. The lowest BCUT2D eigenvalue weighted by Gasteiger charge is -2.39. The van der Waals surface area contributed by atoms with Gasteiger partial charge in [-0.25, -0.2) is 0 Å². The molecule has 0 radical (unpaired) electrons. The van der Waals surface area contributed by atoms with Crippen LogP contribution in [0.1, 0.15) is 51.9 Å². The number of para-hydroxylation sites is 1. The van der Waals surface area contributed by atoms with Crippen LogP contribution in [0, 0.1) is 11.3 Å². The molecule has 2 heterocycles. The number of benzene rings is 1. The van der Waals surface area contributed by atoms with Gasteiger partial charge in [-0.1, -0.05) is 56.5 Å². The predicted molar refractivity (Wildman–Crippen MR) is 125 cm³/mol. The van der Waals surface area contributed by atoms with Crippen molar-refractivity contribution in [1.29, 1.82) is 5.26 Å². The van der Waals surface area contributed by atoms with E-state index in [1.165, 1.54) is 11.8 Å². The highest BCUT2D eigenvalue weighted by Gasteiger charge is 2.38. The first-order valence-corrected chi connectivity index (χ1v) is 12.2. The van der Waals surface area contributed by atoms with E-state index in [1.54, 1.807) is 16.5 Å². The summed E-state index contributed by atoms with van der Waals surface area (Å²) in [6.45, 7) is 2.65. The summed E-state index contributed by atoms with van der Waals surface area (Å²) in [6, 6.07) is 9.82. The van der Waals surface area contributed by atoms with Crippen molar-refractivity contribution in [1.82, 2.24) is 24.1 Å². The molecule has 0 spiro atoms. The van der Waals surface area contributed by atoms with E-state index in [-0.39, 0.29) is 17.2 Å². The quantitative estimate of drug-likeness (QED) is 0.508. The number of thioether (sulfide) groups is 1. The summed E-state index contributed by atoms with van der Waals surface area (Å²) in [4.78, 5) is 27.7. The van der Waals surface area contributed by atoms with Gasteiger partial charge in [0.15, 0.2) is 5.16 Å². The van der Waals surface area contributed by atoms with E-state index >= 15 is 0 Å². The van der Waals surface area contributed by atoms with Crippen molar-refractivity contribution in [3.05, 3.63) is 34.6 Å². The molecule has 32 heavy (non-hydrogen) atoms. The third-order valence-electron chi connectivity index (χ3n) is 6.44. The molecule has 9 heteroatoms. The number of carbonyl (C=O) groups is 1. The van der Waals surface area contributed by atoms with Gasteiger partial charge in [0, 0.05) is 13.6 Å². The molecule has 1 aliphatic carbocycles. The Balaban J connectivity index is 1.66. The van der Waals surface area contributed by atoms with Crippen LogP contribution in [0.4, 0.5) is 0 Å². The Hall–Kier alpha value is -2.86. The molecule has 0 atom stereocenters. The fraction of sp³-hybridized carbons (Fsp3) is 0.522. The number of unbranched alkanes of at least 4 members (excludes halogenated alkanes) is 1. The number of carbonyl (C=O) groups excluding carboxylic acids is 1. The normalized spacial score (nSPS) is 15.7. The largest absolute Gasteiger partial charge is 0.326 e. The molecule has 3 aromatic rings. The van der Waals surface area contributed by atoms with E-state index in [1.807, 2.05) is 28.7 Å². The molecule has 1 saturated carbocycles. The molecule has 4 rings (SSSR count). The first-order chi connectivity index (χ1) is 15.5. The molecule has 0 saturated heterocycles. The molecule has 0 aliphatic heterocycles. The number of aromatic nitrogens is 4. The molecule has 1 fully saturated rings. The summed E-state index contributed by atoms with van der Waals surface area (Å²) in [5, 5.41) is 19.6. The van der Waals surface area contributed by atoms with Gasteiger partial charge in [-0.05, 0) is 31.4 Å². The third-order valence-corrected chi connectivity index (χ3v) is 7.36. The Morgan fingerprint density at radius 2 is 2.00 bits per heavy atom. The van der Waals surface area contributed by atoms with Crippen molar-refractivity contribution in [2.24, 2.45) is 0 Å². The van der Waals surface area contributed by atoms with Crippen LogP contribution >= 0.6 is 11.8 Å². The summed E-state index contributed by atoms with van der Waals surface area (Å²) in [7, 11) is 1.73. The molecule has 0 unspecified atom stereocenters. The zero-order chi connectivity index (χ0) is 22.7. The van der Waals surface area contributed by atoms with Gasteiger partial charge in [-0.3, -0.25) is 18.6 Å². The topological polar surface area (TPSA) is 96.3 Å². The molecule has 1 amide bonds. The van der Waals surface area contributed by atoms with Gasteiger partial charge in [0.25, 0.3) is 5.56 Å². The first-order valence-electron chi connectivity index (χ1n) is 11.2. The average Bonchev–Trinajstić information content (AvgIpc) is 3.26. The lowest BCUT2D eigenvalue weighted by molar-refractivity contribution is -0.131. The van der Waals surface area contributed by atoms with E-state index in [2.05, 4.69) is 23.2 Å². The maximum atomic E-state index is 13.0. The van der Waals surface area contributed by atoms with Crippen molar-refractivity contribution in [2.75, 3.05) is 12.8 Å². The molecule has 1 aliphatic rings. The minimum atomic E-state index is -0.712. The van der Waals surface area contributed by atoms with Gasteiger partial charge >= 0.3 is 0 Å². The van der Waals surface area contributed by atoms with Gasteiger partial charge in [0.2, 0.25) is 11.7 Å². The first kappa shape index (κ1) is 22.3. The van der Waals surface area contributed by atoms with E-state index in [0.717, 1.165) is 50.5 Å². The molecule has 168 valence electrons. The van der Waals surface area contributed by atoms with Crippen LogP contribution in [0.3, 0.4) is 0 Å². The van der Waals surface area contributed by atoms with Crippen molar-refractivity contribution in [2.45, 2.75) is 69.1 Å². The molecular formula is C23H28N6O2S. The number of aryl methyl sites for hydroxylation is 1. The number of hydrogen-bond donors (Lipinski definition) is 0. The Labute approximate surface area is 191 Å². The second-order valence-electron chi connectivity index (χ2n) is 8.39. The fourth-order valence-electron chi connectivity index (χ4n) is 4.47. The van der Waals surface area contributed by atoms with E-state index in [4.69, 9.17) is 0 Å². The van der Waals surface area contributed by atoms with Crippen LogP contribution in [0.25, 0.3) is 16.7 Å². The molecule has 0 bridgehead atoms. The molecule has 1 aromatic carbocycles. The van der Waals surface area contributed by atoms with Crippen LogP contribution in [-0.4, -0.2) is 48.3 Å². The highest BCUT2D eigenvalue weighted by molar-refractivity contribution is 7.99. The highest BCUT2D eigenvalue weighted by Crippen LogP contribution is 2.33. The second kappa shape index (κ2) is 9.33. The molecule has 0 N–H and O–H groups in total. The van der Waals surface area contributed by atoms with Crippen molar-refractivity contribution in [3.63, 3.8) is 0 Å². The summed E-state index contributed by atoms with van der Waals surface area (Å²) in [5.74, 6) is 0.549. The van der Waals surface area contributed by atoms with Crippen molar-refractivity contribution >= 4 is 34.3 Å². The Kier molecular flexibility index (Phi) is 6.51. The Bertz CT molecular complexity index is 1230. The van der Waals surface area contributed by atoms with Gasteiger partial charge in [0.05, 0.1) is 22.7 Å². The fourth-order valence-corrected chi connectivity index (χ4v) is 5.32. The number of nitrogens with zero attached hydrogens (tertiary/aromatic N) is 6. The zero-order valence-electron chi connectivity index (χ0n) is 18.6. The van der Waals surface area contributed by atoms with E-state index < -0.39 is 5.54 Å². The lowest BCUT2D eigenvalue weighted by Crippen LogP contribution is -2.50. The molecular weight excluding hydrogens is 424 g/mol. The van der Waals surface area contributed by atoms with E-state index in [9.17, 15) is 14.9 Å². The standard InChI is InChI=1S/C23H28N6O2S/c1-3-4-14-28-20(31)17-10-6-7-11-18(17)29-21(28)25-26-22(29)32-15-19(30)27(2)23(16-24)12-8-5-9-13-23/h6-7,10-11H,3-5,8-9,12-15H2,1-2H3. The van der Waals surface area contributed by atoms with Gasteiger partial charge in [-0.2, -0.15) is 5.26 Å². The number of nitriles is 1. The maximum Gasteiger partial charge on any atom is 0.262 e. The molecule has 8 nitrogen and oxygen atoms in total. The number of fused-ring (bicyclic) bond motifs is 3. The van der Waals surface area contributed by atoms with Crippen molar-refractivity contribution in [3.8, 4) is 6.07 Å². The summed E-state index contributed by atoms with van der Waals surface area (Å²) in [5.41, 5.74) is -0.0558. The SMILES string of the molecule is CCCCn1c(=O)c2ccccc2n2c(SCC(=O)N(C)C3(C#N)CCCCC3)nnc12. The van der Waals surface area contributed by atoms with Gasteiger partial charge in [0.1, 0.15) is 5.54 Å². The van der Waals surface area contributed by atoms with Crippen LogP contribution in [0.5, 0.6) is 0 Å². The second-order valence-corrected chi connectivity index (χ2v) is 9.33. The molecule has 2 aromatic heterocycles. The van der Waals surface area contributed by atoms with Gasteiger partial charge in [-0.15, -0.1) is 10.2 Å². The monoisotopic (exact) mass is 452 g/mol. The predicted octanol–water partition coefficient (Wildman–Crippen LogP) is 3.62. The van der Waals surface area contributed by atoms with Crippen LogP contribution in [0.2, 0.25) is 0 Å². The van der Waals surface area contributed by atoms with Gasteiger partial charge < -0.3 is 4.90 Å². The number of amides is 1. The Morgan fingerprint density at radius 1 is 1.25 bits per heavy atom. The number of hydrogen-bond acceptors (Lipinski definition) is 6. The summed E-state index contributed by atoms with van der Waals surface area (Å²) in [6.07, 6.45) is 6.31. The minimum Gasteiger partial charge on any atom is -0.326 e. The number of rotatable bonds is 7. The van der Waals surface area contributed by atoms with Crippen LogP contribution in [0.15, 0.2) is 34.2 Å².